The second-order valence-electron chi connectivity index (χ2n) is 4.33. The minimum atomic E-state index is -0.112. The summed E-state index contributed by atoms with van der Waals surface area (Å²) in [4.78, 5) is 22.9. The van der Waals surface area contributed by atoms with E-state index in [1.165, 1.54) is 0 Å². The van der Waals surface area contributed by atoms with Crippen molar-refractivity contribution in [2.75, 3.05) is 5.33 Å². The molecule has 3 nitrogen and oxygen atoms in total. The van der Waals surface area contributed by atoms with Crippen LogP contribution in [0.1, 0.15) is 20.7 Å². The Morgan fingerprint density at radius 1 is 0.857 bits per heavy atom. The van der Waals surface area contributed by atoms with Gasteiger partial charge in [0, 0.05) is 11.1 Å². The van der Waals surface area contributed by atoms with Crippen LogP contribution < -0.4 is 4.74 Å². The summed E-state index contributed by atoms with van der Waals surface area (Å²) in [5.41, 5.74) is 1.19. The number of Topliss-reactive ketones (excluding diaryl/α,β-unsaturated/α-hetero) is 2. The summed E-state index contributed by atoms with van der Waals surface area (Å²) < 4.78 is 5.65. The summed E-state index contributed by atoms with van der Waals surface area (Å²) in [5.74, 6) is 1.15. The monoisotopic (exact) mass is 342 g/mol. The second-order valence-corrected chi connectivity index (χ2v) is 4.90. The fraction of sp³-hybridized carbons (Fsp3) is 0.125. The molecule has 0 aliphatic carbocycles. The fourth-order valence-electron chi connectivity index (χ4n) is 1.75. The highest BCUT2D eigenvalue weighted by Crippen LogP contribution is 2.22. The lowest BCUT2D eigenvalue weighted by molar-refractivity contribution is 0.101. The molecule has 0 saturated carbocycles. The van der Waals surface area contributed by atoms with Crippen molar-refractivity contribution >= 4 is 35.3 Å². The largest absolute Gasteiger partial charge is 0.457 e. The quantitative estimate of drug-likeness (QED) is 0.455. The lowest BCUT2D eigenvalue weighted by atomic mass is 9.96. The SMILES string of the molecule is [B]CC(=O)c1ccc(Oc2ccc(C(=O)CBr)cc2)cc1. The number of alkyl halides is 1. The molecule has 21 heavy (non-hydrogen) atoms. The molecule has 5 heteroatoms. The van der Waals surface area contributed by atoms with Gasteiger partial charge in [-0.05, 0) is 54.9 Å². The first-order chi connectivity index (χ1) is 10.1. The summed E-state index contributed by atoms with van der Waals surface area (Å²) in [6, 6.07) is 13.7. The zero-order valence-electron chi connectivity index (χ0n) is 11.2. The van der Waals surface area contributed by atoms with E-state index in [4.69, 9.17) is 12.6 Å². The minimum Gasteiger partial charge on any atom is -0.457 e. The number of halogens is 1. The smallest absolute Gasteiger partial charge is 0.173 e. The first-order valence-corrected chi connectivity index (χ1v) is 7.46. The van der Waals surface area contributed by atoms with Crippen molar-refractivity contribution in [3.63, 3.8) is 0 Å². The summed E-state index contributed by atoms with van der Waals surface area (Å²) in [6.07, 6.45) is -0.0106. The van der Waals surface area contributed by atoms with Crippen LogP contribution >= 0.6 is 15.9 Å². The molecule has 2 aromatic carbocycles. The first-order valence-electron chi connectivity index (χ1n) is 6.34. The molecule has 0 spiro atoms. The molecule has 0 aromatic heterocycles. The summed E-state index contributed by atoms with van der Waals surface area (Å²) in [7, 11) is 5.30. The van der Waals surface area contributed by atoms with E-state index in [0.29, 0.717) is 28.0 Å². The lowest BCUT2D eigenvalue weighted by Gasteiger charge is -2.07. The number of hydrogen-bond donors (Lipinski definition) is 0. The van der Waals surface area contributed by atoms with Crippen molar-refractivity contribution in [3.05, 3.63) is 59.7 Å². The molecule has 0 aliphatic rings. The van der Waals surface area contributed by atoms with Gasteiger partial charge in [0.15, 0.2) is 11.6 Å². The maximum Gasteiger partial charge on any atom is 0.173 e. The Bertz CT molecular complexity index is 578. The van der Waals surface area contributed by atoms with Gasteiger partial charge in [0.2, 0.25) is 0 Å². The Kier molecular flexibility index (Phi) is 5.34. The second kappa shape index (κ2) is 7.22. The van der Waals surface area contributed by atoms with Crippen LogP contribution in [0.25, 0.3) is 0 Å². The van der Waals surface area contributed by atoms with E-state index < -0.39 is 0 Å². The number of hydrogen-bond acceptors (Lipinski definition) is 3. The van der Waals surface area contributed by atoms with Crippen molar-refractivity contribution < 1.29 is 14.3 Å². The number of carbonyl (C=O) groups excluding carboxylic acids is 2. The van der Waals surface area contributed by atoms with Gasteiger partial charge in [0.25, 0.3) is 0 Å². The molecule has 0 N–H and O–H groups in total. The van der Waals surface area contributed by atoms with Crippen LogP contribution in [0, 0.1) is 0 Å². The lowest BCUT2D eigenvalue weighted by Crippen LogP contribution is -1.99. The average Bonchev–Trinajstić information content (AvgIpc) is 2.55. The van der Waals surface area contributed by atoms with Gasteiger partial charge in [0.05, 0.1) is 13.2 Å². The van der Waals surface area contributed by atoms with Crippen molar-refractivity contribution in [2.24, 2.45) is 0 Å². The van der Waals surface area contributed by atoms with Crippen LogP contribution in [0.15, 0.2) is 48.5 Å². The predicted molar refractivity (Wildman–Crippen MR) is 86.0 cm³/mol. The Morgan fingerprint density at radius 2 is 1.29 bits per heavy atom. The number of ether oxygens (including phenoxy) is 1. The highest BCUT2D eigenvalue weighted by molar-refractivity contribution is 9.09. The van der Waals surface area contributed by atoms with Gasteiger partial charge in [-0.15, -0.1) is 0 Å². The molecule has 2 radical (unpaired) electrons. The van der Waals surface area contributed by atoms with Gasteiger partial charge in [-0.1, -0.05) is 15.9 Å². The third-order valence-electron chi connectivity index (χ3n) is 2.90. The molecule has 0 amide bonds. The Balaban J connectivity index is 2.08. The molecule has 0 unspecified atom stereocenters. The van der Waals surface area contributed by atoms with Crippen LogP contribution in [0.5, 0.6) is 11.5 Å². The van der Waals surface area contributed by atoms with E-state index >= 15 is 0 Å². The van der Waals surface area contributed by atoms with E-state index in [2.05, 4.69) is 15.9 Å². The zero-order valence-corrected chi connectivity index (χ0v) is 12.8. The molecule has 0 aliphatic heterocycles. The third kappa shape index (κ3) is 4.05. The van der Waals surface area contributed by atoms with Gasteiger partial charge in [-0.2, -0.15) is 0 Å². The molecule has 2 aromatic rings. The van der Waals surface area contributed by atoms with Crippen LogP contribution in [-0.4, -0.2) is 24.7 Å². The maximum atomic E-state index is 11.5. The van der Waals surface area contributed by atoms with Gasteiger partial charge in [-0.3, -0.25) is 9.59 Å². The topological polar surface area (TPSA) is 43.4 Å². The molecular formula is C16H12BBrO3. The van der Waals surface area contributed by atoms with Crippen LogP contribution in [0.2, 0.25) is 6.32 Å². The highest BCUT2D eigenvalue weighted by atomic mass is 79.9. The zero-order chi connectivity index (χ0) is 15.2. The summed E-state index contributed by atoms with van der Waals surface area (Å²) in [6.45, 7) is 0. The molecular weight excluding hydrogens is 331 g/mol. The molecule has 104 valence electrons. The molecule has 0 bridgehead atoms. The van der Waals surface area contributed by atoms with Gasteiger partial charge in [0.1, 0.15) is 11.5 Å². The van der Waals surface area contributed by atoms with Gasteiger partial charge >= 0.3 is 0 Å². The number of benzene rings is 2. The molecule has 2 rings (SSSR count). The summed E-state index contributed by atoms with van der Waals surface area (Å²) in [5, 5.41) is 0.295. The van der Waals surface area contributed by atoms with E-state index in [1.807, 2.05) is 0 Å². The van der Waals surface area contributed by atoms with Crippen molar-refractivity contribution in [1.82, 2.24) is 0 Å². The fourth-order valence-corrected chi connectivity index (χ4v) is 2.07. The van der Waals surface area contributed by atoms with Gasteiger partial charge in [-0.25, -0.2) is 0 Å². The number of carbonyl (C=O) groups is 2. The maximum absolute atomic E-state index is 11.5. The standard InChI is InChI=1S/C16H12BBrO3/c17-9-15(19)11-1-5-13(6-2-11)21-14-7-3-12(4-8-14)16(20)10-18/h1-8H,9-10H2. The third-order valence-corrected chi connectivity index (χ3v) is 3.40. The normalized spacial score (nSPS) is 10.1. The number of rotatable bonds is 6. The van der Waals surface area contributed by atoms with Gasteiger partial charge < -0.3 is 4.74 Å². The van der Waals surface area contributed by atoms with Crippen LogP contribution in [0.3, 0.4) is 0 Å². The Hall–Kier alpha value is -1.88. The molecule has 0 saturated heterocycles. The van der Waals surface area contributed by atoms with Crippen molar-refractivity contribution in [3.8, 4) is 11.5 Å². The van der Waals surface area contributed by atoms with Crippen molar-refractivity contribution in [2.45, 2.75) is 6.32 Å². The van der Waals surface area contributed by atoms with E-state index in [0.717, 1.165) is 0 Å². The van der Waals surface area contributed by atoms with Crippen LogP contribution in [0.4, 0.5) is 0 Å². The highest BCUT2D eigenvalue weighted by Gasteiger charge is 2.05. The first kappa shape index (κ1) is 15.5. The average molecular weight is 343 g/mol. The summed E-state index contributed by atoms with van der Waals surface area (Å²) >= 11 is 3.13. The molecule has 0 atom stereocenters. The van der Waals surface area contributed by atoms with E-state index in [1.54, 1.807) is 48.5 Å². The minimum absolute atomic E-state index is 0.0106. The number of ketones is 2. The van der Waals surface area contributed by atoms with E-state index in [-0.39, 0.29) is 17.9 Å². The molecule has 0 heterocycles. The Morgan fingerprint density at radius 3 is 1.67 bits per heavy atom. The Labute approximate surface area is 132 Å². The van der Waals surface area contributed by atoms with Crippen LogP contribution in [-0.2, 0) is 0 Å². The predicted octanol–water partition coefficient (Wildman–Crippen LogP) is 3.83. The van der Waals surface area contributed by atoms with Crippen molar-refractivity contribution in [1.29, 1.82) is 0 Å². The van der Waals surface area contributed by atoms with E-state index in [9.17, 15) is 9.59 Å². The molecule has 0 fully saturated rings.